The predicted molar refractivity (Wildman–Crippen MR) is 78.9 cm³/mol. The molecule has 1 N–H and O–H groups in total. The van der Waals surface area contributed by atoms with Crippen LogP contribution >= 0.6 is 22.9 Å². The maximum absolute atomic E-state index is 12.1. The van der Waals surface area contributed by atoms with Crippen LogP contribution in [0.15, 0.2) is 24.4 Å². The molecular weight excluding hydrogens is 280 g/mol. The Morgan fingerprint density at radius 3 is 2.74 bits per heavy atom. The number of aromatic nitrogens is 1. The molecule has 0 saturated carbocycles. The van der Waals surface area contributed by atoms with Gasteiger partial charge in [0.05, 0.1) is 6.04 Å². The minimum absolute atomic E-state index is 0.0433. The lowest BCUT2D eigenvalue weighted by Gasteiger charge is -2.13. The first-order valence-corrected chi connectivity index (χ1v) is 7.16. The Kier molecular flexibility index (Phi) is 4.22. The zero-order chi connectivity index (χ0) is 14.0. The van der Waals surface area contributed by atoms with Crippen molar-refractivity contribution in [1.82, 2.24) is 10.3 Å². The van der Waals surface area contributed by atoms with Gasteiger partial charge in [-0.25, -0.2) is 0 Å². The first-order valence-electron chi connectivity index (χ1n) is 5.96. The molecule has 2 rings (SSSR count). The molecule has 3 nitrogen and oxygen atoms in total. The van der Waals surface area contributed by atoms with Crippen molar-refractivity contribution in [2.45, 2.75) is 26.8 Å². The molecule has 5 heteroatoms. The van der Waals surface area contributed by atoms with Gasteiger partial charge in [-0.05, 0) is 44.5 Å². The molecule has 0 aliphatic heterocycles. The molecule has 1 unspecified atom stereocenters. The number of pyridine rings is 1. The van der Waals surface area contributed by atoms with E-state index in [2.05, 4.69) is 30.2 Å². The average molecular weight is 295 g/mol. The molecule has 100 valence electrons. The highest BCUT2D eigenvalue weighted by Gasteiger charge is 2.15. The number of carbonyl (C=O) groups is 1. The van der Waals surface area contributed by atoms with Crippen molar-refractivity contribution in [3.63, 3.8) is 0 Å². The highest BCUT2D eigenvalue weighted by Crippen LogP contribution is 2.26. The van der Waals surface area contributed by atoms with Crippen LogP contribution in [-0.2, 0) is 0 Å². The molecule has 19 heavy (non-hydrogen) atoms. The largest absolute Gasteiger partial charge is 0.344 e. The number of nitrogens with one attached hydrogen (secondary N) is 1. The summed E-state index contributed by atoms with van der Waals surface area (Å²) in [5.41, 5.74) is 1.49. The second-order valence-electron chi connectivity index (χ2n) is 4.42. The molecule has 1 atom stereocenters. The fraction of sp³-hybridized carbons (Fsp3) is 0.286. The number of rotatable bonds is 3. The van der Waals surface area contributed by atoms with E-state index >= 15 is 0 Å². The van der Waals surface area contributed by atoms with E-state index in [1.165, 1.54) is 16.0 Å². The third-order valence-corrected chi connectivity index (χ3v) is 4.06. The van der Waals surface area contributed by atoms with Gasteiger partial charge in [0.15, 0.2) is 0 Å². The number of aryl methyl sites for hydroxylation is 2. The highest BCUT2D eigenvalue weighted by atomic mass is 35.5. The van der Waals surface area contributed by atoms with E-state index in [-0.39, 0.29) is 11.9 Å². The van der Waals surface area contributed by atoms with E-state index in [0.717, 1.165) is 5.56 Å². The lowest BCUT2D eigenvalue weighted by Crippen LogP contribution is -2.27. The fourth-order valence-electron chi connectivity index (χ4n) is 1.96. The van der Waals surface area contributed by atoms with Crippen LogP contribution in [0, 0.1) is 13.8 Å². The Morgan fingerprint density at radius 1 is 1.42 bits per heavy atom. The first-order chi connectivity index (χ1) is 8.97. The molecule has 2 aromatic heterocycles. The highest BCUT2D eigenvalue weighted by molar-refractivity contribution is 7.12. The molecule has 1 amide bonds. The van der Waals surface area contributed by atoms with Crippen LogP contribution in [0.25, 0.3) is 0 Å². The Balaban J connectivity index is 2.13. The summed E-state index contributed by atoms with van der Waals surface area (Å²) in [6.07, 6.45) is 1.53. The van der Waals surface area contributed by atoms with Crippen LogP contribution < -0.4 is 5.32 Å². The van der Waals surface area contributed by atoms with Gasteiger partial charge < -0.3 is 5.32 Å². The molecular formula is C14H15ClN2OS. The molecule has 0 aliphatic carbocycles. The van der Waals surface area contributed by atoms with Crippen LogP contribution in [0.4, 0.5) is 0 Å². The van der Waals surface area contributed by atoms with Crippen molar-refractivity contribution in [2.75, 3.05) is 0 Å². The Morgan fingerprint density at radius 2 is 2.16 bits per heavy atom. The van der Waals surface area contributed by atoms with E-state index in [0.29, 0.717) is 10.7 Å². The monoisotopic (exact) mass is 294 g/mol. The molecule has 2 aromatic rings. The molecule has 0 radical (unpaired) electrons. The molecule has 0 aromatic carbocycles. The lowest BCUT2D eigenvalue weighted by molar-refractivity contribution is 0.0935. The zero-order valence-electron chi connectivity index (χ0n) is 11.0. The summed E-state index contributed by atoms with van der Waals surface area (Å²) in [6, 6.07) is 5.28. The molecule has 0 fully saturated rings. The molecule has 2 heterocycles. The van der Waals surface area contributed by atoms with Crippen molar-refractivity contribution in [3.8, 4) is 0 Å². The number of amides is 1. The number of hydrogen-bond donors (Lipinski definition) is 1. The minimum atomic E-state index is -0.210. The number of nitrogens with zero attached hydrogens (tertiary/aromatic N) is 1. The van der Waals surface area contributed by atoms with Gasteiger partial charge in [-0.15, -0.1) is 11.3 Å². The van der Waals surface area contributed by atoms with Crippen LogP contribution in [0.1, 0.15) is 38.8 Å². The second kappa shape index (κ2) is 5.72. The fourth-order valence-corrected chi connectivity index (χ4v) is 3.14. The Bertz CT molecular complexity index is 609. The van der Waals surface area contributed by atoms with Crippen molar-refractivity contribution < 1.29 is 4.79 Å². The van der Waals surface area contributed by atoms with Crippen molar-refractivity contribution in [2.24, 2.45) is 0 Å². The summed E-state index contributed by atoms with van der Waals surface area (Å²) in [7, 11) is 0. The second-order valence-corrected chi connectivity index (χ2v) is 6.32. The van der Waals surface area contributed by atoms with Gasteiger partial charge in [0.1, 0.15) is 5.69 Å². The van der Waals surface area contributed by atoms with Crippen LogP contribution in [-0.4, -0.2) is 10.9 Å². The van der Waals surface area contributed by atoms with E-state index in [4.69, 9.17) is 11.6 Å². The maximum atomic E-state index is 12.1. The van der Waals surface area contributed by atoms with E-state index in [9.17, 15) is 4.79 Å². The summed E-state index contributed by atoms with van der Waals surface area (Å²) >= 11 is 7.59. The van der Waals surface area contributed by atoms with Gasteiger partial charge in [0.2, 0.25) is 0 Å². The third-order valence-electron chi connectivity index (χ3n) is 2.85. The van der Waals surface area contributed by atoms with Crippen molar-refractivity contribution in [1.29, 1.82) is 0 Å². The molecule has 0 aliphatic rings. The quantitative estimate of drug-likeness (QED) is 0.933. The van der Waals surface area contributed by atoms with E-state index < -0.39 is 0 Å². The number of thiophene rings is 1. The first kappa shape index (κ1) is 14.0. The average Bonchev–Trinajstić information content (AvgIpc) is 2.68. The molecule has 0 saturated heterocycles. The summed E-state index contributed by atoms with van der Waals surface area (Å²) in [5.74, 6) is -0.210. The minimum Gasteiger partial charge on any atom is -0.344 e. The molecule has 0 spiro atoms. The van der Waals surface area contributed by atoms with E-state index in [1.807, 2.05) is 6.92 Å². The van der Waals surface area contributed by atoms with Crippen LogP contribution in [0.5, 0.6) is 0 Å². The van der Waals surface area contributed by atoms with Crippen LogP contribution in [0.3, 0.4) is 0 Å². The zero-order valence-corrected chi connectivity index (χ0v) is 12.6. The van der Waals surface area contributed by atoms with E-state index in [1.54, 1.807) is 23.5 Å². The SMILES string of the molecule is Cc1cc(C(C)NC(=O)c2cc(Cl)ccn2)c(C)s1. The van der Waals surface area contributed by atoms with Gasteiger partial charge >= 0.3 is 0 Å². The number of halogens is 1. The maximum Gasteiger partial charge on any atom is 0.270 e. The lowest BCUT2D eigenvalue weighted by atomic mass is 10.1. The topological polar surface area (TPSA) is 42.0 Å². The smallest absolute Gasteiger partial charge is 0.270 e. The third kappa shape index (κ3) is 3.33. The number of hydrogen-bond acceptors (Lipinski definition) is 3. The van der Waals surface area contributed by atoms with Crippen molar-refractivity contribution >= 4 is 28.8 Å². The Labute approximate surface area is 121 Å². The summed E-state index contributed by atoms with van der Waals surface area (Å²) < 4.78 is 0. The summed E-state index contributed by atoms with van der Waals surface area (Å²) in [4.78, 5) is 18.6. The number of carbonyl (C=O) groups excluding carboxylic acids is 1. The van der Waals surface area contributed by atoms with Gasteiger partial charge in [0.25, 0.3) is 5.91 Å². The van der Waals surface area contributed by atoms with Crippen molar-refractivity contribution in [3.05, 3.63) is 50.4 Å². The summed E-state index contributed by atoms with van der Waals surface area (Å²) in [6.45, 7) is 6.10. The van der Waals surface area contributed by atoms with Gasteiger partial charge in [-0.2, -0.15) is 0 Å². The van der Waals surface area contributed by atoms with Crippen LogP contribution in [0.2, 0.25) is 5.02 Å². The molecule has 0 bridgehead atoms. The van der Waals surface area contributed by atoms with Gasteiger partial charge in [-0.1, -0.05) is 11.6 Å². The summed E-state index contributed by atoms with van der Waals surface area (Å²) in [5, 5.41) is 3.45. The van der Waals surface area contributed by atoms with Gasteiger partial charge in [-0.3, -0.25) is 9.78 Å². The normalized spacial score (nSPS) is 12.2. The Hall–Kier alpha value is -1.39. The standard InChI is InChI=1S/C14H15ClN2OS/c1-8-6-12(10(3)19-8)9(2)17-14(18)13-7-11(15)4-5-16-13/h4-7,9H,1-3H3,(H,17,18). The predicted octanol–water partition coefficient (Wildman–Crippen LogP) is 3.90. The van der Waals surface area contributed by atoms with Gasteiger partial charge in [0, 0.05) is 21.0 Å².